The summed E-state index contributed by atoms with van der Waals surface area (Å²) in [5, 5.41) is 13.6. The van der Waals surface area contributed by atoms with Crippen LogP contribution in [0.3, 0.4) is 0 Å². The first-order valence-electron chi connectivity index (χ1n) is 8.42. The maximum Gasteiger partial charge on any atom is 0.271 e. The molecule has 26 heavy (non-hydrogen) atoms. The van der Waals surface area contributed by atoms with Crippen molar-refractivity contribution in [3.8, 4) is 5.75 Å². The summed E-state index contributed by atoms with van der Waals surface area (Å²) < 4.78 is 5.15. The molecular weight excluding hydrogens is 332 g/mol. The second kappa shape index (κ2) is 7.99. The number of nitro groups is 1. The predicted octanol–water partition coefficient (Wildman–Crippen LogP) is 4.47. The molecule has 0 fully saturated rings. The summed E-state index contributed by atoms with van der Waals surface area (Å²) in [4.78, 5) is 22.6. The number of nitrogens with one attached hydrogen (secondary N) is 1. The number of non-ortho nitro benzene ring substituents is 1. The number of aryl methyl sites for hydroxylation is 1. The van der Waals surface area contributed by atoms with Crippen molar-refractivity contribution in [2.24, 2.45) is 0 Å². The summed E-state index contributed by atoms with van der Waals surface area (Å²) in [6.07, 6.45) is 0.869. The molecule has 0 spiro atoms. The van der Waals surface area contributed by atoms with Crippen LogP contribution in [0.15, 0.2) is 42.5 Å². The maximum absolute atomic E-state index is 12.2. The summed E-state index contributed by atoms with van der Waals surface area (Å²) in [6.45, 7) is 6.46. The largest absolute Gasteiger partial charge is 0.495 e. The zero-order valence-electron chi connectivity index (χ0n) is 15.5. The van der Waals surface area contributed by atoms with Crippen LogP contribution in [0.2, 0.25) is 0 Å². The van der Waals surface area contributed by atoms with Gasteiger partial charge in [-0.25, -0.2) is 0 Å². The molecule has 138 valence electrons. The minimum atomic E-state index is -0.508. The average Bonchev–Trinajstić information content (AvgIpc) is 2.59. The Balaban J connectivity index is 2.01. The first-order valence-corrected chi connectivity index (χ1v) is 8.42. The van der Waals surface area contributed by atoms with E-state index in [2.05, 4.69) is 38.2 Å². The number of methoxy groups -OCH3 is 1. The van der Waals surface area contributed by atoms with Crippen LogP contribution in [-0.2, 0) is 16.6 Å². The van der Waals surface area contributed by atoms with Gasteiger partial charge in [0.15, 0.2) is 0 Å². The maximum atomic E-state index is 12.2. The molecule has 0 unspecified atom stereocenters. The molecule has 0 aliphatic rings. The van der Waals surface area contributed by atoms with Gasteiger partial charge >= 0.3 is 0 Å². The molecule has 1 amide bonds. The van der Waals surface area contributed by atoms with Crippen LogP contribution in [0.5, 0.6) is 5.75 Å². The van der Waals surface area contributed by atoms with E-state index in [1.54, 1.807) is 0 Å². The molecule has 6 heteroatoms. The monoisotopic (exact) mass is 356 g/mol. The van der Waals surface area contributed by atoms with Crippen molar-refractivity contribution in [3.05, 3.63) is 63.7 Å². The van der Waals surface area contributed by atoms with Gasteiger partial charge in [0, 0.05) is 18.6 Å². The molecule has 6 nitrogen and oxygen atoms in total. The van der Waals surface area contributed by atoms with E-state index in [-0.39, 0.29) is 23.4 Å². The van der Waals surface area contributed by atoms with Gasteiger partial charge < -0.3 is 10.1 Å². The van der Waals surface area contributed by atoms with Crippen LogP contribution in [0.25, 0.3) is 0 Å². The summed E-state index contributed by atoms with van der Waals surface area (Å²) in [5.41, 5.74) is 2.61. The fourth-order valence-electron chi connectivity index (χ4n) is 2.55. The van der Waals surface area contributed by atoms with Gasteiger partial charge in [-0.05, 0) is 29.0 Å². The van der Waals surface area contributed by atoms with Gasteiger partial charge in [-0.2, -0.15) is 0 Å². The summed E-state index contributed by atoms with van der Waals surface area (Å²) in [7, 11) is 1.45. The van der Waals surface area contributed by atoms with Crippen molar-refractivity contribution in [1.29, 1.82) is 0 Å². The fourth-order valence-corrected chi connectivity index (χ4v) is 2.55. The summed E-state index contributed by atoms with van der Waals surface area (Å²) in [6, 6.07) is 12.3. The minimum absolute atomic E-state index is 0.0918. The van der Waals surface area contributed by atoms with Crippen molar-refractivity contribution in [2.45, 2.75) is 39.0 Å². The molecule has 2 aromatic carbocycles. The van der Waals surface area contributed by atoms with Crippen molar-refractivity contribution < 1.29 is 14.5 Å². The number of hydrogen-bond acceptors (Lipinski definition) is 4. The normalized spacial score (nSPS) is 11.1. The Hall–Kier alpha value is -2.89. The van der Waals surface area contributed by atoms with E-state index in [0.29, 0.717) is 17.9 Å². The van der Waals surface area contributed by atoms with Gasteiger partial charge in [0.2, 0.25) is 5.91 Å². The quantitative estimate of drug-likeness (QED) is 0.611. The number of nitrogens with zero attached hydrogens (tertiary/aromatic N) is 1. The second-order valence-electron chi connectivity index (χ2n) is 7.14. The lowest BCUT2D eigenvalue weighted by atomic mass is 9.86. The Labute approximate surface area is 153 Å². The highest BCUT2D eigenvalue weighted by molar-refractivity contribution is 5.92. The molecular formula is C20H24N2O4. The lowest BCUT2D eigenvalue weighted by Gasteiger charge is -2.19. The minimum Gasteiger partial charge on any atom is -0.495 e. The number of ether oxygens (including phenoxy) is 1. The third kappa shape index (κ3) is 5.05. The van der Waals surface area contributed by atoms with Gasteiger partial charge in [-0.1, -0.05) is 45.0 Å². The fraction of sp³-hybridized carbons (Fsp3) is 0.350. The van der Waals surface area contributed by atoms with Gasteiger partial charge in [0.05, 0.1) is 17.7 Å². The van der Waals surface area contributed by atoms with Crippen LogP contribution in [0.1, 0.15) is 38.3 Å². The van der Waals surface area contributed by atoms with E-state index >= 15 is 0 Å². The number of anilines is 1. The van der Waals surface area contributed by atoms with Crippen LogP contribution in [-0.4, -0.2) is 17.9 Å². The van der Waals surface area contributed by atoms with E-state index in [9.17, 15) is 14.9 Å². The highest BCUT2D eigenvalue weighted by Crippen LogP contribution is 2.29. The zero-order valence-corrected chi connectivity index (χ0v) is 15.5. The Morgan fingerprint density at radius 3 is 2.35 bits per heavy atom. The summed E-state index contributed by atoms with van der Waals surface area (Å²) in [5.74, 6) is 0.169. The van der Waals surface area contributed by atoms with E-state index in [1.807, 2.05) is 12.1 Å². The molecule has 0 saturated heterocycles. The number of nitro benzene ring substituents is 1. The van der Waals surface area contributed by atoms with Crippen LogP contribution >= 0.6 is 0 Å². The van der Waals surface area contributed by atoms with Crippen LogP contribution < -0.4 is 10.1 Å². The highest BCUT2D eigenvalue weighted by Gasteiger charge is 2.15. The molecule has 2 aromatic rings. The standard InChI is InChI=1S/C20H24N2O4/c1-20(2,3)15-8-5-14(6-9-15)7-12-19(23)21-17-13-16(22(24)25)10-11-18(17)26-4/h5-6,8-11,13H,7,12H2,1-4H3,(H,21,23). The molecule has 0 atom stereocenters. The third-order valence-corrected chi connectivity index (χ3v) is 4.13. The number of benzene rings is 2. The number of hydrogen-bond donors (Lipinski definition) is 1. The van der Waals surface area contributed by atoms with E-state index in [4.69, 9.17) is 4.74 Å². The number of carbonyl (C=O) groups is 1. The number of rotatable bonds is 6. The smallest absolute Gasteiger partial charge is 0.271 e. The van der Waals surface area contributed by atoms with Gasteiger partial charge in [-0.3, -0.25) is 14.9 Å². The lowest BCUT2D eigenvalue weighted by molar-refractivity contribution is -0.384. The molecule has 0 aromatic heterocycles. The highest BCUT2D eigenvalue weighted by atomic mass is 16.6. The van der Waals surface area contributed by atoms with E-state index in [1.165, 1.54) is 30.9 Å². The zero-order chi connectivity index (χ0) is 19.3. The second-order valence-corrected chi connectivity index (χ2v) is 7.14. The van der Waals surface area contributed by atoms with E-state index < -0.39 is 4.92 Å². The van der Waals surface area contributed by atoms with Crippen molar-refractivity contribution in [2.75, 3.05) is 12.4 Å². The molecule has 2 rings (SSSR count). The number of carbonyl (C=O) groups excluding carboxylic acids is 1. The van der Waals surface area contributed by atoms with Crippen molar-refractivity contribution in [3.63, 3.8) is 0 Å². The van der Waals surface area contributed by atoms with Crippen LogP contribution in [0, 0.1) is 10.1 Å². The lowest BCUT2D eigenvalue weighted by Crippen LogP contribution is -2.14. The Kier molecular flexibility index (Phi) is 5.97. The van der Waals surface area contributed by atoms with Crippen LogP contribution in [0.4, 0.5) is 11.4 Å². The number of amides is 1. The molecule has 0 aliphatic heterocycles. The predicted molar refractivity (Wildman–Crippen MR) is 102 cm³/mol. The Morgan fingerprint density at radius 2 is 1.81 bits per heavy atom. The molecule has 0 heterocycles. The molecule has 0 radical (unpaired) electrons. The van der Waals surface area contributed by atoms with Gasteiger partial charge in [-0.15, -0.1) is 0 Å². The third-order valence-electron chi connectivity index (χ3n) is 4.13. The molecule has 0 saturated carbocycles. The topological polar surface area (TPSA) is 81.5 Å². The first-order chi connectivity index (χ1) is 12.2. The average molecular weight is 356 g/mol. The molecule has 0 aliphatic carbocycles. The SMILES string of the molecule is COc1ccc([N+](=O)[O-])cc1NC(=O)CCc1ccc(C(C)(C)C)cc1. The summed E-state index contributed by atoms with van der Waals surface area (Å²) >= 11 is 0. The van der Waals surface area contributed by atoms with Gasteiger partial charge in [0.1, 0.15) is 5.75 Å². The van der Waals surface area contributed by atoms with E-state index in [0.717, 1.165) is 5.56 Å². The molecule has 0 bridgehead atoms. The van der Waals surface area contributed by atoms with Crippen molar-refractivity contribution in [1.82, 2.24) is 0 Å². The Morgan fingerprint density at radius 1 is 1.15 bits per heavy atom. The molecule has 1 N–H and O–H groups in total. The first kappa shape index (κ1) is 19.4. The van der Waals surface area contributed by atoms with Gasteiger partial charge in [0.25, 0.3) is 5.69 Å². The Bertz CT molecular complexity index is 792. The van der Waals surface area contributed by atoms with Crippen molar-refractivity contribution >= 4 is 17.3 Å².